The molecular weight excluding hydrogens is 527 g/mol. The van der Waals surface area contributed by atoms with Crippen molar-refractivity contribution >= 4 is 64.4 Å². The number of nitriles is 1. The van der Waals surface area contributed by atoms with Crippen LogP contribution in [0.4, 0.5) is 10.5 Å². The summed E-state index contributed by atoms with van der Waals surface area (Å²) >= 11 is 7.52. The van der Waals surface area contributed by atoms with E-state index >= 15 is 0 Å². The van der Waals surface area contributed by atoms with E-state index < -0.39 is 38.7 Å². The lowest BCUT2D eigenvalue weighted by molar-refractivity contribution is -0.115. The molecule has 12 heteroatoms. The lowest BCUT2D eigenvalue weighted by atomic mass is 10.1. The number of benzene rings is 2. The van der Waals surface area contributed by atoms with Gasteiger partial charge in [-0.25, -0.2) is 4.79 Å². The summed E-state index contributed by atoms with van der Waals surface area (Å²) in [7, 11) is -4.51. The molecular formula is C24H22ClN2O7PS. The lowest BCUT2D eigenvalue weighted by Crippen LogP contribution is -2.28. The van der Waals surface area contributed by atoms with Gasteiger partial charge in [0.1, 0.15) is 6.16 Å². The van der Waals surface area contributed by atoms with Crippen LogP contribution < -0.4 is 4.90 Å². The summed E-state index contributed by atoms with van der Waals surface area (Å²) in [6.45, 7) is 2.35. The summed E-state index contributed by atoms with van der Waals surface area (Å²) in [6, 6.07) is 14.1. The lowest BCUT2D eigenvalue weighted by Gasteiger charge is -2.20. The highest BCUT2D eigenvalue weighted by Gasteiger charge is 2.29. The van der Waals surface area contributed by atoms with E-state index in [9.17, 15) is 24.3 Å². The number of thiophene rings is 1. The molecule has 188 valence electrons. The second-order valence-electron chi connectivity index (χ2n) is 7.64. The van der Waals surface area contributed by atoms with Crippen LogP contribution in [0.5, 0.6) is 0 Å². The summed E-state index contributed by atoms with van der Waals surface area (Å²) < 4.78 is 27.5. The fraction of sp³-hybridized carbons (Fsp3) is 0.208. The number of carbonyl (C=O) groups excluding carboxylic acids is 2. The Morgan fingerprint density at radius 2 is 2.03 bits per heavy atom. The first-order valence-electron chi connectivity index (χ1n) is 10.6. The Kier molecular flexibility index (Phi) is 9.26. The highest BCUT2D eigenvalue weighted by Crippen LogP contribution is 2.43. The fourth-order valence-corrected chi connectivity index (χ4v) is 4.94. The van der Waals surface area contributed by atoms with Crippen molar-refractivity contribution in [1.82, 2.24) is 0 Å². The van der Waals surface area contributed by atoms with Crippen molar-refractivity contribution in [1.29, 1.82) is 5.26 Å². The summed E-state index contributed by atoms with van der Waals surface area (Å²) in [4.78, 5) is 36.1. The highest BCUT2D eigenvalue weighted by atomic mass is 35.5. The maximum absolute atomic E-state index is 13.2. The van der Waals surface area contributed by atoms with Crippen molar-refractivity contribution in [2.45, 2.75) is 20.0 Å². The van der Waals surface area contributed by atoms with E-state index in [-0.39, 0.29) is 0 Å². The van der Waals surface area contributed by atoms with Crippen LogP contribution in [0.15, 0.2) is 54.0 Å². The number of hydrogen-bond donors (Lipinski definition) is 1. The van der Waals surface area contributed by atoms with Gasteiger partial charge < -0.3 is 14.4 Å². The van der Waals surface area contributed by atoms with Gasteiger partial charge in [-0.15, -0.1) is 11.3 Å². The molecule has 0 radical (unpaired) electrons. The Balaban J connectivity index is 1.86. The number of anilines is 1. The minimum absolute atomic E-state index is 0.390. The molecule has 1 unspecified atom stereocenters. The Labute approximate surface area is 216 Å². The minimum Gasteiger partial charge on any atom is -0.432 e. The molecule has 1 aromatic heterocycles. The highest BCUT2D eigenvalue weighted by molar-refractivity contribution is 7.53. The zero-order valence-electron chi connectivity index (χ0n) is 19.3. The van der Waals surface area contributed by atoms with Crippen LogP contribution in [0.3, 0.4) is 0 Å². The van der Waals surface area contributed by atoms with Crippen molar-refractivity contribution in [3.8, 4) is 6.07 Å². The topological polar surface area (TPSA) is 126 Å². The number of rotatable bonds is 9. The number of ether oxygens (including phenoxy) is 2. The molecule has 0 saturated heterocycles. The number of carbonyl (C=O) groups is 2. The molecule has 1 N–H and O–H groups in total. The maximum atomic E-state index is 13.2. The van der Waals surface area contributed by atoms with Crippen molar-refractivity contribution < 1.29 is 33.0 Å². The Bertz CT molecular complexity index is 1380. The standard InChI is InChI=1S/C24H22ClN2O7PS/c1-16(2)34-24(29)32-15-33-35(30,31)13-23(28)27(10-9-17-5-3-4-6-18(17)12-26)21-14-36-22-8-7-19(25)11-20(21)22/h3-11,14,16H,13,15H2,1-2H3,(H,30,31)/b10-9+. The SMILES string of the molecule is CC(C)OC(=O)OCOP(=O)(O)CC(=O)N(/C=C/c1ccccc1C#N)c1csc2ccc(Cl)cc12. The number of halogens is 1. The maximum Gasteiger partial charge on any atom is 0.510 e. The minimum atomic E-state index is -4.51. The third-order valence-corrected chi connectivity index (χ3v) is 6.99. The largest absolute Gasteiger partial charge is 0.510 e. The summed E-state index contributed by atoms with van der Waals surface area (Å²) in [5.74, 6) is -0.768. The predicted molar refractivity (Wildman–Crippen MR) is 138 cm³/mol. The molecule has 9 nitrogen and oxygen atoms in total. The van der Waals surface area contributed by atoms with Gasteiger partial charge in [-0.3, -0.25) is 18.8 Å². The van der Waals surface area contributed by atoms with Crippen molar-refractivity contribution in [3.63, 3.8) is 0 Å². The van der Waals surface area contributed by atoms with Crippen LogP contribution in [0, 0.1) is 11.3 Å². The smallest absolute Gasteiger partial charge is 0.432 e. The van der Waals surface area contributed by atoms with E-state index in [0.717, 1.165) is 4.70 Å². The van der Waals surface area contributed by atoms with Crippen molar-refractivity contribution in [3.05, 3.63) is 70.2 Å². The Morgan fingerprint density at radius 1 is 1.28 bits per heavy atom. The van der Waals surface area contributed by atoms with Crippen LogP contribution in [0.2, 0.25) is 5.02 Å². The second-order valence-corrected chi connectivity index (χ2v) is 10.8. The van der Waals surface area contributed by atoms with E-state index in [0.29, 0.717) is 27.2 Å². The zero-order valence-corrected chi connectivity index (χ0v) is 21.8. The van der Waals surface area contributed by atoms with Gasteiger partial charge in [0.15, 0.2) is 0 Å². The molecule has 2 aromatic carbocycles. The molecule has 3 aromatic rings. The molecule has 0 fully saturated rings. The van der Waals surface area contributed by atoms with E-state index in [1.54, 1.807) is 67.8 Å². The van der Waals surface area contributed by atoms with E-state index in [1.807, 2.05) is 0 Å². The average molecular weight is 549 g/mol. The van der Waals surface area contributed by atoms with Gasteiger partial charge in [-0.2, -0.15) is 5.26 Å². The second kappa shape index (κ2) is 12.2. The Morgan fingerprint density at radius 3 is 2.75 bits per heavy atom. The van der Waals surface area contributed by atoms with Gasteiger partial charge in [0.25, 0.3) is 0 Å². The first-order valence-corrected chi connectivity index (χ1v) is 13.6. The number of nitrogens with zero attached hydrogens (tertiary/aromatic N) is 2. The number of fused-ring (bicyclic) bond motifs is 1. The van der Waals surface area contributed by atoms with Crippen LogP contribution in [0.1, 0.15) is 25.0 Å². The van der Waals surface area contributed by atoms with Gasteiger partial charge in [-0.05, 0) is 49.8 Å². The monoisotopic (exact) mass is 548 g/mol. The first-order chi connectivity index (χ1) is 17.1. The van der Waals surface area contributed by atoms with Crippen LogP contribution in [0.25, 0.3) is 16.2 Å². The molecule has 1 atom stereocenters. The zero-order chi connectivity index (χ0) is 26.3. The van der Waals surface area contributed by atoms with Crippen LogP contribution in [-0.2, 0) is 23.4 Å². The molecule has 3 rings (SSSR count). The molecule has 1 heterocycles. The molecule has 1 amide bonds. The van der Waals surface area contributed by atoms with Crippen LogP contribution >= 0.6 is 30.5 Å². The third-order valence-electron chi connectivity index (χ3n) is 4.63. The molecule has 0 aliphatic heterocycles. The normalized spacial score (nSPS) is 12.9. The Hall–Kier alpha value is -3.19. The fourth-order valence-electron chi connectivity index (χ4n) is 3.05. The number of amides is 1. The van der Waals surface area contributed by atoms with E-state index in [1.165, 1.54) is 22.4 Å². The summed E-state index contributed by atoms with van der Waals surface area (Å²) in [5, 5.41) is 12.2. The van der Waals surface area contributed by atoms with Gasteiger partial charge in [0.2, 0.25) is 12.7 Å². The summed E-state index contributed by atoms with van der Waals surface area (Å²) in [6.07, 6.45) is 0.549. The van der Waals surface area contributed by atoms with Crippen molar-refractivity contribution in [2.24, 2.45) is 0 Å². The molecule has 0 bridgehead atoms. The molecule has 36 heavy (non-hydrogen) atoms. The van der Waals surface area contributed by atoms with Crippen LogP contribution in [-0.4, -0.2) is 36.0 Å². The first kappa shape index (κ1) is 27.4. The molecule has 0 aliphatic carbocycles. The van der Waals surface area contributed by atoms with Gasteiger partial charge in [0.05, 0.1) is 23.4 Å². The third kappa shape index (κ3) is 7.40. The molecule has 0 aliphatic rings. The van der Waals surface area contributed by atoms with Gasteiger partial charge >= 0.3 is 13.8 Å². The van der Waals surface area contributed by atoms with E-state index in [4.69, 9.17) is 20.9 Å². The van der Waals surface area contributed by atoms with E-state index in [2.05, 4.69) is 10.8 Å². The average Bonchev–Trinajstić information content (AvgIpc) is 3.21. The molecule has 0 spiro atoms. The quantitative estimate of drug-likeness (QED) is 0.192. The summed E-state index contributed by atoms with van der Waals surface area (Å²) in [5.41, 5.74) is 1.38. The number of hydrogen-bond acceptors (Lipinski definition) is 8. The molecule has 0 saturated carbocycles. The van der Waals surface area contributed by atoms with Gasteiger partial charge in [0, 0.05) is 26.7 Å². The van der Waals surface area contributed by atoms with Crippen molar-refractivity contribution in [2.75, 3.05) is 17.9 Å². The predicted octanol–water partition coefficient (Wildman–Crippen LogP) is 6.15. The van der Waals surface area contributed by atoms with Gasteiger partial charge in [-0.1, -0.05) is 29.8 Å².